The zero-order valence-electron chi connectivity index (χ0n) is 9.85. The largest absolute Gasteiger partial charge is 0.326 e. The molecule has 0 bridgehead atoms. The van der Waals surface area contributed by atoms with Crippen molar-refractivity contribution in [1.29, 1.82) is 0 Å². The van der Waals surface area contributed by atoms with Crippen LogP contribution in [0.15, 0.2) is 24.5 Å². The van der Waals surface area contributed by atoms with Gasteiger partial charge in [-0.2, -0.15) is 0 Å². The van der Waals surface area contributed by atoms with Gasteiger partial charge in [0.05, 0.1) is 6.04 Å². The van der Waals surface area contributed by atoms with Crippen LogP contribution in [-0.4, -0.2) is 29.5 Å². The molecule has 0 radical (unpaired) electrons. The molecule has 0 spiro atoms. The molecule has 3 heteroatoms. The Bertz CT molecular complexity index is 271. The molecule has 0 aliphatic heterocycles. The molecule has 1 rings (SSSR count). The van der Waals surface area contributed by atoms with Gasteiger partial charge in [0, 0.05) is 18.4 Å². The molecule has 84 valence electrons. The van der Waals surface area contributed by atoms with Gasteiger partial charge in [-0.1, -0.05) is 13.0 Å². The Labute approximate surface area is 92.3 Å². The molecule has 0 aliphatic carbocycles. The standard InChI is InChI=1S/C12H21N3/c1-4-8-15(3)12(10(2)13)11-6-5-7-14-9-11/h5-7,9-10,12H,4,8,13H2,1-3H3. The van der Waals surface area contributed by atoms with Gasteiger partial charge >= 0.3 is 0 Å². The molecule has 0 fully saturated rings. The SMILES string of the molecule is CCCN(C)C(c1cccnc1)C(C)N. The summed E-state index contributed by atoms with van der Waals surface area (Å²) in [7, 11) is 2.12. The second-order valence-corrected chi connectivity index (χ2v) is 4.07. The second kappa shape index (κ2) is 5.83. The van der Waals surface area contributed by atoms with Crippen LogP contribution in [0.2, 0.25) is 0 Å². The van der Waals surface area contributed by atoms with Crippen molar-refractivity contribution in [3.8, 4) is 0 Å². The zero-order chi connectivity index (χ0) is 11.3. The average Bonchev–Trinajstić information content (AvgIpc) is 2.19. The molecule has 2 atom stereocenters. The highest BCUT2D eigenvalue weighted by atomic mass is 15.1. The first-order valence-electron chi connectivity index (χ1n) is 5.52. The number of likely N-dealkylation sites (N-methyl/N-ethyl adjacent to an activating group) is 1. The lowest BCUT2D eigenvalue weighted by atomic mass is 10.0. The molecule has 0 aromatic carbocycles. The normalized spacial score (nSPS) is 15.3. The van der Waals surface area contributed by atoms with E-state index in [0.717, 1.165) is 13.0 Å². The van der Waals surface area contributed by atoms with Crippen molar-refractivity contribution in [2.75, 3.05) is 13.6 Å². The predicted molar refractivity (Wildman–Crippen MR) is 63.5 cm³/mol. The molecule has 1 aromatic heterocycles. The summed E-state index contributed by atoms with van der Waals surface area (Å²) in [5.74, 6) is 0. The summed E-state index contributed by atoms with van der Waals surface area (Å²) in [5, 5.41) is 0. The van der Waals surface area contributed by atoms with Crippen LogP contribution < -0.4 is 5.73 Å². The van der Waals surface area contributed by atoms with E-state index in [0.29, 0.717) is 0 Å². The molecule has 2 unspecified atom stereocenters. The lowest BCUT2D eigenvalue weighted by Gasteiger charge is -2.30. The fraction of sp³-hybridized carbons (Fsp3) is 0.583. The van der Waals surface area contributed by atoms with E-state index in [1.165, 1.54) is 5.56 Å². The summed E-state index contributed by atoms with van der Waals surface area (Å²) >= 11 is 0. The summed E-state index contributed by atoms with van der Waals surface area (Å²) < 4.78 is 0. The average molecular weight is 207 g/mol. The van der Waals surface area contributed by atoms with Gasteiger partial charge in [-0.3, -0.25) is 9.88 Å². The molecule has 2 N–H and O–H groups in total. The molecule has 0 saturated carbocycles. The number of aromatic nitrogens is 1. The third-order valence-corrected chi connectivity index (χ3v) is 2.58. The van der Waals surface area contributed by atoms with Gasteiger partial charge in [-0.15, -0.1) is 0 Å². The predicted octanol–water partition coefficient (Wildman–Crippen LogP) is 1.81. The molecule has 1 heterocycles. The Kier molecular flexibility index (Phi) is 4.72. The van der Waals surface area contributed by atoms with Crippen LogP contribution in [0.25, 0.3) is 0 Å². The molecule has 3 nitrogen and oxygen atoms in total. The van der Waals surface area contributed by atoms with Crippen LogP contribution in [0.1, 0.15) is 31.9 Å². The zero-order valence-corrected chi connectivity index (χ0v) is 9.85. The molecular weight excluding hydrogens is 186 g/mol. The Morgan fingerprint density at radius 1 is 1.53 bits per heavy atom. The van der Waals surface area contributed by atoms with Crippen LogP contribution in [0, 0.1) is 0 Å². The highest BCUT2D eigenvalue weighted by Gasteiger charge is 2.20. The maximum Gasteiger partial charge on any atom is 0.0508 e. The molecule has 1 aromatic rings. The van der Waals surface area contributed by atoms with Crippen LogP contribution in [0.5, 0.6) is 0 Å². The minimum atomic E-state index is 0.116. The van der Waals surface area contributed by atoms with Crippen LogP contribution in [0.4, 0.5) is 0 Å². The monoisotopic (exact) mass is 207 g/mol. The van der Waals surface area contributed by atoms with Gasteiger partial charge in [-0.25, -0.2) is 0 Å². The van der Waals surface area contributed by atoms with Gasteiger partial charge in [0.1, 0.15) is 0 Å². The summed E-state index contributed by atoms with van der Waals surface area (Å²) in [6, 6.07) is 4.43. The van der Waals surface area contributed by atoms with Crippen molar-refractivity contribution in [3.05, 3.63) is 30.1 Å². The Morgan fingerprint density at radius 2 is 2.27 bits per heavy atom. The molecule has 0 amide bonds. The van der Waals surface area contributed by atoms with Gasteiger partial charge in [0.25, 0.3) is 0 Å². The molecule has 0 aliphatic rings. The maximum absolute atomic E-state index is 6.03. The van der Waals surface area contributed by atoms with E-state index >= 15 is 0 Å². The Morgan fingerprint density at radius 3 is 2.73 bits per heavy atom. The van der Waals surface area contributed by atoms with Crippen molar-refractivity contribution in [2.24, 2.45) is 5.73 Å². The van der Waals surface area contributed by atoms with Crippen LogP contribution >= 0.6 is 0 Å². The number of nitrogens with two attached hydrogens (primary N) is 1. The first-order chi connectivity index (χ1) is 7.16. The summed E-state index contributed by atoms with van der Waals surface area (Å²) in [4.78, 5) is 6.44. The maximum atomic E-state index is 6.03. The van der Waals surface area contributed by atoms with Gasteiger partial charge in [0.15, 0.2) is 0 Å². The first kappa shape index (κ1) is 12.1. The highest BCUT2D eigenvalue weighted by molar-refractivity contribution is 5.15. The van der Waals surface area contributed by atoms with Crippen molar-refractivity contribution in [1.82, 2.24) is 9.88 Å². The number of hydrogen-bond donors (Lipinski definition) is 1. The minimum absolute atomic E-state index is 0.116. The number of nitrogens with zero attached hydrogens (tertiary/aromatic N) is 2. The molecule has 0 saturated heterocycles. The van der Waals surface area contributed by atoms with Crippen LogP contribution in [-0.2, 0) is 0 Å². The van der Waals surface area contributed by atoms with E-state index in [4.69, 9.17) is 5.73 Å². The van der Waals surface area contributed by atoms with Crippen molar-refractivity contribution in [3.63, 3.8) is 0 Å². The van der Waals surface area contributed by atoms with Crippen LogP contribution in [0.3, 0.4) is 0 Å². The number of rotatable bonds is 5. The summed E-state index contributed by atoms with van der Waals surface area (Å²) in [6.45, 7) is 5.28. The quantitative estimate of drug-likeness (QED) is 0.800. The minimum Gasteiger partial charge on any atom is -0.326 e. The van der Waals surface area contributed by atoms with Gasteiger partial charge in [0.2, 0.25) is 0 Å². The smallest absolute Gasteiger partial charge is 0.0508 e. The fourth-order valence-corrected chi connectivity index (χ4v) is 2.00. The van der Waals surface area contributed by atoms with Crippen molar-refractivity contribution in [2.45, 2.75) is 32.4 Å². The molecular formula is C12H21N3. The third kappa shape index (κ3) is 3.29. The van der Waals surface area contributed by atoms with E-state index in [9.17, 15) is 0 Å². The highest BCUT2D eigenvalue weighted by Crippen LogP contribution is 2.21. The van der Waals surface area contributed by atoms with Gasteiger partial charge in [-0.05, 0) is 38.6 Å². The lowest BCUT2D eigenvalue weighted by Crippen LogP contribution is -2.37. The Balaban J connectivity index is 2.83. The van der Waals surface area contributed by atoms with E-state index in [-0.39, 0.29) is 12.1 Å². The van der Waals surface area contributed by atoms with E-state index in [2.05, 4.69) is 29.9 Å². The van der Waals surface area contributed by atoms with E-state index < -0.39 is 0 Å². The van der Waals surface area contributed by atoms with Crippen molar-refractivity contribution < 1.29 is 0 Å². The summed E-state index contributed by atoms with van der Waals surface area (Å²) in [6.07, 6.45) is 4.84. The van der Waals surface area contributed by atoms with E-state index in [1.807, 2.05) is 19.2 Å². The topological polar surface area (TPSA) is 42.2 Å². The Hall–Kier alpha value is -0.930. The first-order valence-corrected chi connectivity index (χ1v) is 5.52. The third-order valence-electron chi connectivity index (χ3n) is 2.58. The summed E-state index contributed by atoms with van der Waals surface area (Å²) in [5.41, 5.74) is 7.23. The molecule has 15 heavy (non-hydrogen) atoms. The number of pyridine rings is 1. The second-order valence-electron chi connectivity index (χ2n) is 4.07. The van der Waals surface area contributed by atoms with Crippen molar-refractivity contribution >= 4 is 0 Å². The lowest BCUT2D eigenvalue weighted by molar-refractivity contribution is 0.219. The van der Waals surface area contributed by atoms with Gasteiger partial charge < -0.3 is 5.73 Å². The van der Waals surface area contributed by atoms with E-state index in [1.54, 1.807) is 6.20 Å². The number of hydrogen-bond acceptors (Lipinski definition) is 3. The fourth-order valence-electron chi connectivity index (χ4n) is 2.00.